The van der Waals surface area contributed by atoms with E-state index in [0.29, 0.717) is 60.6 Å². The van der Waals surface area contributed by atoms with E-state index in [1.807, 2.05) is 21.9 Å². The Morgan fingerprint density at radius 1 is 0.561 bits per heavy atom. The lowest BCUT2D eigenvalue weighted by molar-refractivity contribution is -0.123. The number of halogens is 1. The summed E-state index contributed by atoms with van der Waals surface area (Å²) in [5.74, 6) is -1.58. The molecule has 4 aromatic carbocycles. The topological polar surface area (TPSA) is 438 Å². The van der Waals surface area contributed by atoms with E-state index in [-0.39, 0.29) is 113 Å². The molecular formula is C61H75ClN18O14S4. The molecule has 2 aliphatic rings. The van der Waals surface area contributed by atoms with Crippen LogP contribution in [-0.2, 0) is 62.8 Å². The molecular weight excluding hydrogens is 1370 g/mol. The minimum atomic E-state index is -3.90. The fourth-order valence-corrected chi connectivity index (χ4v) is 13.7. The van der Waals surface area contributed by atoms with Crippen LogP contribution in [0.2, 0.25) is 0 Å². The van der Waals surface area contributed by atoms with Gasteiger partial charge in [-0.15, -0.1) is 12.4 Å². The van der Waals surface area contributed by atoms with Crippen LogP contribution in [0, 0.1) is 36.5 Å². The summed E-state index contributed by atoms with van der Waals surface area (Å²) in [4.78, 5) is 84.6. The number of carbonyl (C=O) groups is 5. The van der Waals surface area contributed by atoms with E-state index in [2.05, 4.69) is 41.2 Å². The van der Waals surface area contributed by atoms with Gasteiger partial charge in [0.2, 0.25) is 63.8 Å². The maximum Gasteiger partial charge on any atom is 0.408 e. The van der Waals surface area contributed by atoms with Crippen molar-refractivity contribution >= 4 is 117 Å². The molecule has 2 saturated heterocycles. The van der Waals surface area contributed by atoms with Gasteiger partial charge in [-0.25, -0.2) is 58.4 Å². The number of rotatable bonds is 21. The average Bonchev–Trinajstić information content (AvgIpc) is 0.809. The Morgan fingerprint density at radius 2 is 0.918 bits per heavy atom. The van der Waals surface area contributed by atoms with Crippen LogP contribution in [0.3, 0.4) is 0 Å². The molecule has 8 rings (SSSR count). The molecule has 0 unspecified atom stereocenters. The number of nitrogens with zero attached hydrogens (tertiary/aromatic N) is 13. The number of carboxylic acid groups (broad SMARTS) is 1. The number of aromatic nitrogens is 4. The number of piperazine rings is 2. The second-order valence-electron chi connectivity index (χ2n) is 23.3. The van der Waals surface area contributed by atoms with E-state index < -0.39 is 81.9 Å². The molecule has 0 aliphatic carbocycles. The van der Waals surface area contributed by atoms with Crippen LogP contribution in [0.15, 0.2) is 107 Å². The molecule has 5 amide bonds. The molecule has 2 aromatic heterocycles. The first kappa shape index (κ1) is 77.3. The van der Waals surface area contributed by atoms with Gasteiger partial charge in [0, 0.05) is 108 Å². The number of benzene rings is 4. The van der Waals surface area contributed by atoms with Crippen LogP contribution in [0.5, 0.6) is 0 Å². The summed E-state index contributed by atoms with van der Waals surface area (Å²) in [6, 6.07) is 27.2. The summed E-state index contributed by atoms with van der Waals surface area (Å²) >= 11 is 0. The van der Waals surface area contributed by atoms with Crippen LogP contribution in [0.1, 0.15) is 75.4 Å². The fourth-order valence-electron chi connectivity index (χ4n) is 9.80. The standard InChI is InChI=1S/C33H41N9O8S2.C28H33N9O6S2.ClH/c1-22-17-25(19-34)38-31(36-22)40-13-15-41(16-14-40)52(49,50)26-10-8-24(9-11-26)37-30(44)27-18-23(7-12-28(27)39(5)51(6,47)48)20-35-29(43)21-42(32(45)46)33(2,3)4;1-19-14-22(16-29)34-28(32-19)36-10-12-37(13-11-36)45(42,43)23-7-5-21(6-8-23)33-27(39)24-15-20(18-31-26(38)17-30)4-9-25(24)35(2)44(3,40)41;/h7-12,17-18H,13-16,20-21H2,1-6H3,(H,35,43)(H,37,44)(H,45,46);4-9,14-15H,10-13,17-18,30H2,1-3H3,(H,31,38)(H,33,39);1H. The molecule has 0 radical (unpaired) electrons. The van der Waals surface area contributed by atoms with Crippen LogP contribution >= 0.6 is 12.4 Å². The number of nitriles is 2. The second-order valence-corrected chi connectivity index (χ2v) is 31.2. The second kappa shape index (κ2) is 32.1. The van der Waals surface area contributed by atoms with Gasteiger partial charge in [-0.1, -0.05) is 12.1 Å². The molecule has 32 nitrogen and oxygen atoms in total. The van der Waals surface area contributed by atoms with Gasteiger partial charge in [0.05, 0.1) is 51.3 Å². The summed E-state index contributed by atoms with van der Waals surface area (Å²) in [5, 5.41) is 38.5. The number of anilines is 6. The molecule has 0 atom stereocenters. The lowest BCUT2D eigenvalue weighted by Gasteiger charge is -2.34. The maximum atomic E-state index is 13.6. The Hall–Kier alpha value is -9.66. The molecule has 98 heavy (non-hydrogen) atoms. The quantitative estimate of drug-likeness (QED) is 0.0603. The number of sulfonamides is 4. The summed E-state index contributed by atoms with van der Waals surface area (Å²) < 4.78 is 108. The zero-order valence-corrected chi connectivity index (χ0v) is 59.0. The van der Waals surface area contributed by atoms with Crippen molar-refractivity contribution in [3.05, 3.63) is 142 Å². The Balaban J connectivity index is 0.000000309. The third-order valence-corrected chi connectivity index (χ3v) is 21.5. The molecule has 7 N–H and O–H groups in total. The number of nitrogens with one attached hydrogen (secondary N) is 4. The van der Waals surface area contributed by atoms with Crippen LogP contribution < -0.4 is 45.4 Å². The Labute approximate surface area is 575 Å². The first-order valence-corrected chi connectivity index (χ1v) is 36.2. The normalized spacial score (nSPS) is 13.8. The zero-order valence-electron chi connectivity index (χ0n) is 54.9. The van der Waals surface area contributed by atoms with Crippen LogP contribution in [-0.4, -0.2) is 200 Å². The average molecular weight is 1450 g/mol. The summed E-state index contributed by atoms with van der Waals surface area (Å²) in [7, 11) is -12.7. The molecule has 0 saturated carbocycles. The van der Waals surface area contributed by atoms with Crippen molar-refractivity contribution < 1.29 is 62.8 Å². The predicted octanol–water partition coefficient (Wildman–Crippen LogP) is 3.02. The lowest BCUT2D eigenvalue weighted by Crippen LogP contribution is -2.49. The van der Waals surface area contributed by atoms with Crippen molar-refractivity contribution in [1.82, 2.24) is 44.1 Å². The Morgan fingerprint density at radius 3 is 1.23 bits per heavy atom. The first-order chi connectivity index (χ1) is 45.4. The minimum Gasteiger partial charge on any atom is -0.465 e. The van der Waals surface area contributed by atoms with Gasteiger partial charge >= 0.3 is 6.09 Å². The van der Waals surface area contributed by atoms with Crippen molar-refractivity contribution in [3.63, 3.8) is 0 Å². The number of carbonyl (C=O) groups excluding carboxylic acids is 4. The molecule has 4 heterocycles. The van der Waals surface area contributed by atoms with Gasteiger partial charge in [-0.05, 0) is 131 Å². The number of nitrogens with two attached hydrogens (primary N) is 1. The molecule has 2 fully saturated rings. The van der Waals surface area contributed by atoms with E-state index in [4.69, 9.17) is 5.73 Å². The highest BCUT2D eigenvalue weighted by atomic mass is 35.5. The molecule has 0 spiro atoms. The predicted molar refractivity (Wildman–Crippen MR) is 368 cm³/mol. The van der Waals surface area contributed by atoms with Gasteiger partial charge in [0.15, 0.2) is 0 Å². The monoisotopic (exact) mass is 1450 g/mol. The molecule has 6 aromatic rings. The van der Waals surface area contributed by atoms with Crippen LogP contribution in [0.25, 0.3) is 0 Å². The minimum absolute atomic E-state index is 0. The SMILES string of the molecule is Cc1cc(C#N)nc(N2CCN(S(=O)(=O)c3ccc(NC(=O)c4cc(CNC(=O)CN(C(=O)O)C(C)(C)C)ccc4N(C)S(C)(=O)=O)cc3)CC2)n1.Cc1cc(C#N)nc(N2CCN(S(=O)(=O)c3ccc(NC(=O)c4cc(CNC(=O)CN)ccc4N(C)S(C)(=O)=O)cc3)CC2)n1.Cl. The highest BCUT2D eigenvalue weighted by molar-refractivity contribution is 7.92. The molecule has 524 valence electrons. The van der Waals surface area contributed by atoms with Crippen molar-refractivity contribution in [2.24, 2.45) is 5.73 Å². The number of aryl methyl sites for hydroxylation is 2. The fraction of sp³-hybridized carbons (Fsp3) is 0.361. The maximum absolute atomic E-state index is 13.6. The number of hydrogen-bond donors (Lipinski definition) is 6. The van der Waals surface area contributed by atoms with Crippen LogP contribution in [0.4, 0.5) is 39.4 Å². The zero-order chi connectivity index (χ0) is 71.5. The Bertz CT molecular complexity index is 4540. The number of hydrogen-bond acceptors (Lipinski definition) is 22. The summed E-state index contributed by atoms with van der Waals surface area (Å²) in [6.45, 7) is 9.78. The molecule has 0 bridgehead atoms. The van der Waals surface area contributed by atoms with E-state index in [1.54, 1.807) is 52.8 Å². The van der Waals surface area contributed by atoms with E-state index in [0.717, 1.165) is 26.0 Å². The van der Waals surface area contributed by atoms with Gasteiger partial charge in [-0.2, -0.15) is 19.1 Å². The Kier molecular flexibility index (Phi) is 25.4. The summed E-state index contributed by atoms with van der Waals surface area (Å²) in [6.07, 6.45) is 0.722. The van der Waals surface area contributed by atoms with E-state index in [1.165, 1.54) is 102 Å². The lowest BCUT2D eigenvalue weighted by atomic mass is 10.1. The third-order valence-electron chi connectivity index (χ3n) is 15.2. The number of amides is 5. The molecule has 2 aliphatic heterocycles. The third kappa shape index (κ3) is 19.8. The van der Waals surface area contributed by atoms with Gasteiger partial charge in [0.1, 0.15) is 30.1 Å². The van der Waals surface area contributed by atoms with Gasteiger partial charge in [-0.3, -0.25) is 32.7 Å². The van der Waals surface area contributed by atoms with E-state index >= 15 is 0 Å². The smallest absolute Gasteiger partial charge is 0.408 e. The summed E-state index contributed by atoms with van der Waals surface area (Å²) in [5.41, 5.74) is 7.86. The van der Waals surface area contributed by atoms with Crippen molar-refractivity contribution in [2.75, 3.05) is 121 Å². The van der Waals surface area contributed by atoms with Gasteiger partial charge in [0.25, 0.3) is 11.8 Å². The van der Waals surface area contributed by atoms with Crippen molar-refractivity contribution in [3.8, 4) is 12.1 Å². The van der Waals surface area contributed by atoms with E-state index in [9.17, 15) is 73.3 Å². The largest absolute Gasteiger partial charge is 0.465 e. The highest BCUT2D eigenvalue weighted by Crippen LogP contribution is 2.29. The van der Waals surface area contributed by atoms with Crippen molar-refractivity contribution in [1.29, 1.82) is 10.5 Å². The first-order valence-electron chi connectivity index (χ1n) is 29.7. The highest BCUT2D eigenvalue weighted by Gasteiger charge is 2.33. The molecule has 37 heteroatoms. The van der Waals surface area contributed by atoms with Gasteiger partial charge < -0.3 is 41.9 Å². The van der Waals surface area contributed by atoms with Crippen molar-refractivity contribution in [2.45, 2.75) is 63.0 Å².